The van der Waals surface area contributed by atoms with Crippen molar-refractivity contribution in [3.05, 3.63) is 35.5 Å². The second kappa shape index (κ2) is 4.10. The molecule has 3 N–H and O–H groups in total. The highest BCUT2D eigenvalue weighted by molar-refractivity contribution is 5.88. The number of hydrogen-bond donors (Lipinski definition) is 2. The van der Waals surface area contributed by atoms with Gasteiger partial charge in [0.15, 0.2) is 0 Å². The molecular formula is C13H16N2O. The summed E-state index contributed by atoms with van der Waals surface area (Å²) < 4.78 is 0. The van der Waals surface area contributed by atoms with Gasteiger partial charge in [-0.3, -0.25) is 4.98 Å². The number of benzene rings is 1. The first-order chi connectivity index (χ1) is 7.65. The lowest BCUT2D eigenvalue weighted by atomic mass is 9.94. The second-order valence-electron chi connectivity index (χ2n) is 4.23. The first kappa shape index (κ1) is 10.9. The van der Waals surface area contributed by atoms with Gasteiger partial charge in [0.1, 0.15) is 11.3 Å². The highest BCUT2D eigenvalue weighted by Crippen LogP contribution is 2.31. The van der Waals surface area contributed by atoms with Crippen molar-refractivity contribution in [2.45, 2.75) is 26.3 Å². The van der Waals surface area contributed by atoms with Crippen molar-refractivity contribution in [2.24, 2.45) is 5.73 Å². The highest BCUT2D eigenvalue weighted by Gasteiger charge is 2.12. The summed E-state index contributed by atoms with van der Waals surface area (Å²) in [6.45, 7) is 4.72. The second-order valence-corrected chi connectivity index (χ2v) is 4.23. The number of phenolic OH excluding ortho intramolecular Hbond substituents is 1. The van der Waals surface area contributed by atoms with Crippen molar-refractivity contribution in [2.75, 3.05) is 0 Å². The first-order valence-corrected chi connectivity index (χ1v) is 5.44. The predicted octanol–water partition coefficient (Wildman–Crippen LogP) is 2.52. The number of hydrogen-bond acceptors (Lipinski definition) is 3. The van der Waals surface area contributed by atoms with Crippen molar-refractivity contribution in [1.82, 2.24) is 4.98 Å². The zero-order valence-electron chi connectivity index (χ0n) is 9.57. The van der Waals surface area contributed by atoms with Crippen LogP contribution < -0.4 is 5.73 Å². The number of phenols is 1. The van der Waals surface area contributed by atoms with E-state index in [0.717, 1.165) is 10.9 Å². The fraction of sp³-hybridized carbons (Fsp3) is 0.308. The monoisotopic (exact) mass is 216 g/mol. The van der Waals surface area contributed by atoms with Gasteiger partial charge >= 0.3 is 0 Å². The van der Waals surface area contributed by atoms with E-state index in [0.29, 0.717) is 18.0 Å². The van der Waals surface area contributed by atoms with E-state index >= 15 is 0 Å². The van der Waals surface area contributed by atoms with Gasteiger partial charge < -0.3 is 10.8 Å². The summed E-state index contributed by atoms with van der Waals surface area (Å²) in [6, 6.07) is 5.48. The van der Waals surface area contributed by atoms with Crippen molar-refractivity contribution >= 4 is 10.9 Å². The molecule has 0 unspecified atom stereocenters. The molecule has 1 aromatic carbocycles. The quantitative estimate of drug-likeness (QED) is 0.811. The Balaban J connectivity index is 2.84. The molecule has 0 spiro atoms. The van der Waals surface area contributed by atoms with Gasteiger partial charge in [-0.15, -0.1) is 0 Å². The molecule has 84 valence electrons. The molecule has 1 heterocycles. The highest BCUT2D eigenvalue weighted by atomic mass is 16.3. The minimum Gasteiger partial charge on any atom is -0.506 e. The van der Waals surface area contributed by atoms with Gasteiger partial charge in [0.05, 0.1) is 0 Å². The molecular weight excluding hydrogens is 200 g/mol. The zero-order chi connectivity index (χ0) is 11.7. The molecule has 0 aliphatic heterocycles. The van der Waals surface area contributed by atoms with Crippen LogP contribution in [0.1, 0.15) is 30.9 Å². The Morgan fingerprint density at radius 3 is 2.75 bits per heavy atom. The predicted molar refractivity (Wildman–Crippen MR) is 65.4 cm³/mol. The van der Waals surface area contributed by atoms with Gasteiger partial charge in [-0.05, 0) is 23.1 Å². The van der Waals surface area contributed by atoms with E-state index in [1.807, 2.05) is 12.1 Å². The Kier molecular flexibility index (Phi) is 2.79. The number of nitrogens with two attached hydrogens (primary N) is 1. The third kappa shape index (κ3) is 1.63. The molecule has 0 atom stereocenters. The molecule has 0 amide bonds. The molecule has 2 rings (SSSR count). The van der Waals surface area contributed by atoms with Crippen LogP contribution in [-0.4, -0.2) is 10.1 Å². The molecule has 3 heteroatoms. The first-order valence-electron chi connectivity index (χ1n) is 5.44. The standard InChI is InChI=1S/C13H16N2O/c1-8(2)12-9(6-14)7-15-13-10(12)4-3-5-11(13)16/h3-5,7-8,16H,6,14H2,1-2H3. The number of nitrogens with zero attached hydrogens (tertiary/aromatic N) is 1. The third-order valence-corrected chi connectivity index (χ3v) is 2.80. The van der Waals surface area contributed by atoms with E-state index in [1.165, 1.54) is 5.56 Å². The fourth-order valence-electron chi connectivity index (χ4n) is 2.11. The Morgan fingerprint density at radius 1 is 1.38 bits per heavy atom. The molecule has 3 nitrogen and oxygen atoms in total. The van der Waals surface area contributed by atoms with Gasteiger partial charge in [0.2, 0.25) is 0 Å². The van der Waals surface area contributed by atoms with Gasteiger partial charge in [-0.25, -0.2) is 0 Å². The number of pyridine rings is 1. The van der Waals surface area contributed by atoms with E-state index in [9.17, 15) is 5.11 Å². The third-order valence-electron chi connectivity index (χ3n) is 2.80. The lowest BCUT2D eigenvalue weighted by Gasteiger charge is -2.14. The fourth-order valence-corrected chi connectivity index (χ4v) is 2.11. The average molecular weight is 216 g/mol. The van der Waals surface area contributed by atoms with Crippen molar-refractivity contribution < 1.29 is 5.11 Å². The van der Waals surface area contributed by atoms with E-state index < -0.39 is 0 Å². The SMILES string of the molecule is CC(C)c1c(CN)cnc2c(O)cccc12. The number of para-hydroxylation sites is 1. The van der Waals surface area contributed by atoms with Crippen LogP contribution in [0.3, 0.4) is 0 Å². The average Bonchev–Trinajstić information content (AvgIpc) is 2.27. The minimum absolute atomic E-state index is 0.225. The summed E-state index contributed by atoms with van der Waals surface area (Å²) in [7, 11) is 0. The smallest absolute Gasteiger partial charge is 0.141 e. The molecule has 0 aliphatic carbocycles. The van der Waals surface area contributed by atoms with Gasteiger partial charge in [0.25, 0.3) is 0 Å². The summed E-state index contributed by atoms with van der Waals surface area (Å²) in [5.74, 6) is 0.592. The summed E-state index contributed by atoms with van der Waals surface area (Å²) in [5, 5.41) is 10.7. The maximum atomic E-state index is 9.75. The molecule has 0 fully saturated rings. The summed E-state index contributed by atoms with van der Waals surface area (Å²) in [6.07, 6.45) is 1.76. The summed E-state index contributed by atoms with van der Waals surface area (Å²) in [4.78, 5) is 4.26. The van der Waals surface area contributed by atoms with Crippen LogP contribution in [0.15, 0.2) is 24.4 Å². The van der Waals surface area contributed by atoms with Crippen molar-refractivity contribution in [1.29, 1.82) is 0 Å². The number of aromatic nitrogens is 1. The lowest BCUT2D eigenvalue weighted by molar-refractivity contribution is 0.480. The molecule has 0 bridgehead atoms. The summed E-state index contributed by atoms with van der Waals surface area (Å²) in [5.41, 5.74) is 8.60. The molecule has 2 aromatic rings. The molecule has 0 saturated heterocycles. The lowest BCUT2D eigenvalue weighted by Crippen LogP contribution is -2.05. The summed E-state index contributed by atoms with van der Waals surface area (Å²) >= 11 is 0. The van der Waals surface area contributed by atoms with Crippen molar-refractivity contribution in [3.8, 4) is 5.75 Å². The van der Waals surface area contributed by atoms with Crippen LogP contribution in [0.25, 0.3) is 10.9 Å². The maximum absolute atomic E-state index is 9.75. The van der Waals surface area contributed by atoms with Crippen molar-refractivity contribution in [3.63, 3.8) is 0 Å². The Hall–Kier alpha value is -1.61. The Labute approximate surface area is 94.9 Å². The van der Waals surface area contributed by atoms with Gasteiger partial charge in [-0.1, -0.05) is 26.0 Å². The molecule has 0 saturated carbocycles. The molecule has 16 heavy (non-hydrogen) atoms. The van der Waals surface area contributed by atoms with Crippen LogP contribution in [-0.2, 0) is 6.54 Å². The minimum atomic E-state index is 0.225. The number of rotatable bonds is 2. The number of fused-ring (bicyclic) bond motifs is 1. The van der Waals surface area contributed by atoms with E-state index in [4.69, 9.17) is 5.73 Å². The van der Waals surface area contributed by atoms with Gasteiger partial charge in [0, 0.05) is 18.1 Å². The van der Waals surface area contributed by atoms with E-state index in [2.05, 4.69) is 18.8 Å². The van der Waals surface area contributed by atoms with Crippen LogP contribution in [0.4, 0.5) is 0 Å². The Morgan fingerprint density at radius 2 is 2.12 bits per heavy atom. The maximum Gasteiger partial charge on any atom is 0.141 e. The molecule has 1 aromatic heterocycles. The largest absolute Gasteiger partial charge is 0.506 e. The number of aromatic hydroxyl groups is 1. The van der Waals surface area contributed by atoms with E-state index in [1.54, 1.807) is 12.3 Å². The van der Waals surface area contributed by atoms with Crippen LogP contribution >= 0.6 is 0 Å². The normalized spacial score (nSPS) is 11.2. The van der Waals surface area contributed by atoms with Crippen LogP contribution in [0, 0.1) is 0 Å². The molecule has 0 aliphatic rings. The van der Waals surface area contributed by atoms with Crippen LogP contribution in [0.2, 0.25) is 0 Å². The Bertz CT molecular complexity index is 521. The van der Waals surface area contributed by atoms with Crippen LogP contribution in [0.5, 0.6) is 5.75 Å². The molecule has 0 radical (unpaired) electrons. The van der Waals surface area contributed by atoms with E-state index in [-0.39, 0.29) is 5.75 Å². The zero-order valence-corrected chi connectivity index (χ0v) is 9.57. The topological polar surface area (TPSA) is 59.1 Å². The van der Waals surface area contributed by atoms with Gasteiger partial charge in [-0.2, -0.15) is 0 Å².